The van der Waals surface area contributed by atoms with Crippen LogP contribution in [-0.4, -0.2) is 41.5 Å². The molecule has 0 N–H and O–H groups in total. The fourth-order valence-electron chi connectivity index (χ4n) is 3.63. The summed E-state index contributed by atoms with van der Waals surface area (Å²) in [6, 6.07) is 8.36. The minimum atomic E-state index is 0.363. The number of nitrogens with zero attached hydrogens (tertiary/aromatic N) is 3. The SMILES string of the molecule is COc1ccc(CN2Cc3cn(C)nc3[C@@H](COCC3CC3)C2)cc1. The van der Waals surface area contributed by atoms with Gasteiger partial charge in [-0.05, 0) is 36.5 Å². The Kier molecular flexibility index (Phi) is 4.77. The molecule has 4 rings (SSSR count). The molecule has 1 aliphatic heterocycles. The minimum Gasteiger partial charge on any atom is -0.497 e. The summed E-state index contributed by atoms with van der Waals surface area (Å²) in [6.45, 7) is 4.59. The lowest BCUT2D eigenvalue weighted by Gasteiger charge is -2.32. The molecule has 25 heavy (non-hydrogen) atoms. The highest BCUT2D eigenvalue weighted by molar-refractivity contribution is 5.28. The van der Waals surface area contributed by atoms with Crippen LogP contribution in [0.4, 0.5) is 0 Å². The van der Waals surface area contributed by atoms with Crippen molar-refractivity contribution < 1.29 is 9.47 Å². The molecular formula is C20H27N3O2. The van der Waals surface area contributed by atoms with Gasteiger partial charge in [-0.2, -0.15) is 5.10 Å². The van der Waals surface area contributed by atoms with Crippen LogP contribution >= 0.6 is 0 Å². The summed E-state index contributed by atoms with van der Waals surface area (Å²) in [5.74, 6) is 2.08. The van der Waals surface area contributed by atoms with Gasteiger partial charge in [0.25, 0.3) is 0 Å². The van der Waals surface area contributed by atoms with Crippen molar-refractivity contribution >= 4 is 0 Å². The first-order valence-corrected chi connectivity index (χ1v) is 9.16. The Balaban J connectivity index is 1.43. The molecule has 5 heteroatoms. The van der Waals surface area contributed by atoms with Crippen LogP contribution in [0.15, 0.2) is 30.5 Å². The standard InChI is InChI=1S/C20H27N3O2/c1-22-10-17-11-23(9-15-5-7-19(24-2)8-6-15)12-18(20(17)21-22)14-25-13-16-3-4-16/h5-8,10,16,18H,3-4,9,11-14H2,1-2H3/t18-/m1/s1. The average molecular weight is 341 g/mol. The van der Waals surface area contributed by atoms with E-state index in [0.717, 1.165) is 44.5 Å². The Labute approximate surface area is 149 Å². The van der Waals surface area contributed by atoms with Crippen LogP contribution in [0.2, 0.25) is 0 Å². The van der Waals surface area contributed by atoms with Gasteiger partial charge in [0, 0.05) is 51.0 Å². The smallest absolute Gasteiger partial charge is 0.118 e. The van der Waals surface area contributed by atoms with Crippen molar-refractivity contribution in [2.45, 2.75) is 31.8 Å². The second-order valence-electron chi connectivity index (χ2n) is 7.41. The number of ether oxygens (including phenoxy) is 2. The Morgan fingerprint density at radius 2 is 1.96 bits per heavy atom. The molecule has 1 fully saturated rings. The molecule has 0 radical (unpaired) electrons. The third-order valence-corrected chi connectivity index (χ3v) is 5.13. The van der Waals surface area contributed by atoms with E-state index in [1.54, 1.807) is 7.11 Å². The molecule has 0 unspecified atom stereocenters. The van der Waals surface area contributed by atoms with E-state index < -0.39 is 0 Å². The molecule has 0 saturated heterocycles. The van der Waals surface area contributed by atoms with E-state index in [9.17, 15) is 0 Å². The topological polar surface area (TPSA) is 39.5 Å². The second kappa shape index (κ2) is 7.18. The van der Waals surface area contributed by atoms with Crippen molar-refractivity contribution in [1.29, 1.82) is 0 Å². The summed E-state index contributed by atoms with van der Waals surface area (Å²) in [5, 5.41) is 4.70. The normalized spacial score (nSPS) is 20.5. The Morgan fingerprint density at radius 3 is 2.68 bits per heavy atom. The highest BCUT2D eigenvalue weighted by Crippen LogP contribution is 2.31. The summed E-state index contributed by atoms with van der Waals surface area (Å²) in [4.78, 5) is 2.50. The fraction of sp³-hybridized carbons (Fsp3) is 0.550. The second-order valence-corrected chi connectivity index (χ2v) is 7.41. The zero-order chi connectivity index (χ0) is 17.2. The predicted molar refractivity (Wildman–Crippen MR) is 96.6 cm³/mol. The molecule has 134 valence electrons. The van der Waals surface area contributed by atoms with Crippen molar-refractivity contribution in [1.82, 2.24) is 14.7 Å². The molecule has 5 nitrogen and oxygen atoms in total. The predicted octanol–water partition coefficient (Wildman–Crippen LogP) is 2.95. The van der Waals surface area contributed by atoms with E-state index in [-0.39, 0.29) is 0 Å². The third kappa shape index (κ3) is 4.05. The maximum Gasteiger partial charge on any atom is 0.118 e. The van der Waals surface area contributed by atoms with Gasteiger partial charge in [-0.3, -0.25) is 9.58 Å². The molecule has 0 spiro atoms. The zero-order valence-corrected chi connectivity index (χ0v) is 15.1. The molecule has 1 saturated carbocycles. The van der Waals surface area contributed by atoms with Gasteiger partial charge in [0.1, 0.15) is 5.75 Å². The first-order valence-electron chi connectivity index (χ1n) is 9.16. The van der Waals surface area contributed by atoms with E-state index in [1.807, 2.05) is 23.9 Å². The quantitative estimate of drug-likeness (QED) is 0.776. The molecule has 0 bridgehead atoms. The van der Waals surface area contributed by atoms with Crippen molar-refractivity contribution in [2.75, 3.05) is 26.9 Å². The van der Waals surface area contributed by atoms with Crippen molar-refractivity contribution in [2.24, 2.45) is 13.0 Å². The van der Waals surface area contributed by atoms with Crippen LogP contribution in [0.3, 0.4) is 0 Å². The van der Waals surface area contributed by atoms with Crippen molar-refractivity contribution in [3.63, 3.8) is 0 Å². The number of aryl methyl sites for hydroxylation is 1. The van der Waals surface area contributed by atoms with Gasteiger partial charge >= 0.3 is 0 Å². The van der Waals surface area contributed by atoms with E-state index in [4.69, 9.17) is 14.6 Å². The average Bonchev–Trinajstić information content (AvgIpc) is 3.35. The summed E-state index contributed by atoms with van der Waals surface area (Å²) in [6.07, 6.45) is 4.83. The molecular weight excluding hydrogens is 314 g/mol. The van der Waals surface area contributed by atoms with Gasteiger partial charge in [-0.25, -0.2) is 0 Å². The third-order valence-electron chi connectivity index (χ3n) is 5.13. The monoisotopic (exact) mass is 341 g/mol. The van der Waals surface area contributed by atoms with Gasteiger partial charge in [0.05, 0.1) is 19.4 Å². The number of fused-ring (bicyclic) bond motifs is 1. The van der Waals surface area contributed by atoms with E-state index in [2.05, 4.69) is 23.2 Å². The number of aromatic nitrogens is 2. The minimum absolute atomic E-state index is 0.363. The number of rotatable bonds is 7. The largest absolute Gasteiger partial charge is 0.497 e. The number of hydrogen-bond donors (Lipinski definition) is 0. The summed E-state index contributed by atoms with van der Waals surface area (Å²) < 4.78 is 13.2. The van der Waals surface area contributed by atoms with Crippen LogP contribution in [-0.2, 0) is 24.9 Å². The van der Waals surface area contributed by atoms with E-state index in [1.165, 1.54) is 29.7 Å². The maximum absolute atomic E-state index is 6.00. The Bertz CT molecular complexity index is 706. The lowest BCUT2D eigenvalue weighted by Crippen LogP contribution is -2.35. The highest BCUT2D eigenvalue weighted by Gasteiger charge is 2.29. The highest BCUT2D eigenvalue weighted by atomic mass is 16.5. The lowest BCUT2D eigenvalue weighted by molar-refractivity contribution is 0.0881. The molecule has 1 atom stereocenters. The van der Waals surface area contributed by atoms with E-state index >= 15 is 0 Å². The molecule has 1 aromatic carbocycles. The number of hydrogen-bond acceptors (Lipinski definition) is 4. The first kappa shape index (κ1) is 16.6. The zero-order valence-electron chi connectivity index (χ0n) is 15.1. The summed E-state index contributed by atoms with van der Waals surface area (Å²) >= 11 is 0. The van der Waals surface area contributed by atoms with Gasteiger partial charge in [-0.15, -0.1) is 0 Å². The maximum atomic E-state index is 6.00. The van der Waals surface area contributed by atoms with Crippen LogP contribution in [0.1, 0.15) is 35.6 Å². The molecule has 2 heterocycles. The first-order chi connectivity index (χ1) is 12.2. The Morgan fingerprint density at radius 1 is 1.16 bits per heavy atom. The van der Waals surface area contributed by atoms with Gasteiger partial charge in [0.2, 0.25) is 0 Å². The molecule has 2 aliphatic rings. The van der Waals surface area contributed by atoms with Crippen LogP contribution in [0, 0.1) is 5.92 Å². The molecule has 2 aromatic rings. The molecule has 1 aromatic heterocycles. The molecule has 0 amide bonds. The Hall–Kier alpha value is -1.85. The van der Waals surface area contributed by atoms with Gasteiger partial charge < -0.3 is 9.47 Å². The van der Waals surface area contributed by atoms with Gasteiger partial charge in [0.15, 0.2) is 0 Å². The molecule has 1 aliphatic carbocycles. The van der Waals surface area contributed by atoms with Crippen LogP contribution in [0.25, 0.3) is 0 Å². The van der Waals surface area contributed by atoms with Crippen LogP contribution < -0.4 is 4.74 Å². The van der Waals surface area contributed by atoms with E-state index in [0.29, 0.717) is 5.92 Å². The summed E-state index contributed by atoms with van der Waals surface area (Å²) in [7, 11) is 3.71. The van der Waals surface area contributed by atoms with Crippen molar-refractivity contribution in [3.05, 3.63) is 47.3 Å². The van der Waals surface area contributed by atoms with Gasteiger partial charge in [-0.1, -0.05) is 12.1 Å². The lowest BCUT2D eigenvalue weighted by atomic mass is 9.97. The number of benzene rings is 1. The number of methoxy groups -OCH3 is 1. The van der Waals surface area contributed by atoms with Crippen LogP contribution in [0.5, 0.6) is 5.75 Å². The van der Waals surface area contributed by atoms with Crippen molar-refractivity contribution in [3.8, 4) is 5.75 Å². The fourth-order valence-corrected chi connectivity index (χ4v) is 3.63. The summed E-state index contributed by atoms with van der Waals surface area (Å²) in [5.41, 5.74) is 3.87.